The molecule has 3 aromatic rings. The minimum atomic E-state index is -0.652. The van der Waals surface area contributed by atoms with E-state index in [-0.39, 0.29) is 18.4 Å². The molecule has 0 aliphatic heterocycles. The van der Waals surface area contributed by atoms with E-state index in [4.69, 9.17) is 20.8 Å². The number of amides is 1. The quantitative estimate of drug-likeness (QED) is 0.743. The first-order valence-electron chi connectivity index (χ1n) is 7.76. The van der Waals surface area contributed by atoms with Crippen molar-refractivity contribution in [3.8, 4) is 11.8 Å². The fourth-order valence-corrected chi connectivity index (χ4v) is 2.53. The summed E-state index contributed by atoms with van der Waals surface area (Å²) in [6.07, 6.45) is 0.117. The summed E-state index contributed by atoms with van der Waals surface area (Å²) in [6.45, 7) is 1.82. The van der Waals surface area contributed by atoms with Crippen LogP contribution in [0.2, 0.25) is 5.02 Å². The maximum atomic E-state index is 12.2. The molecule has 0 aliphatic rings. The number of carbonyl (C=O) groups is 1. The van der Waals surface area contributed by atoms with Crippen LogP contribution in [-0.4, -0.2) is 22.8 Å². The van der Waals surface area contributed by atoms with Crippen molar-refractivity contribution in [1.29, 1.82) is 0 Å². The molecule has 0 unspecified atom stereocenters. The van der Waals surface area contributed by atoms with Gasteiger partial charge in [0.25, 0.3) is 0 Å². The highest BCUT2D eigenvalue weighted by Crippen LogP contribution is 2.19. The van der Waals surface area contributed by atoms with E-state index in [9.17, 15) is 9.59 Å². The van der Waals surface area contributed by atoms with Gasteiger partial charge in [-0.15, -0.1) is 0 Å². The van der Waals surface area contributed by atoms with Crippen molar-refractivity contribution >= 4 is 23.2 Å². The van der Waals surface area contributed by atoms with Crippen LogP contribution in [0.4, 0.5) is 5.69 Å². The Morgan fingerprint density at radius 1 is 1.27 bits per heavy atom. The highest BCUT2D eigenvalue weighted by Gasteiger charge is 2.12. The van der Waals surface area contributed by atoms with E-state index in [1.807, 2.05) is 19.1 Å². The number of benzene rings is 2. The lowest BCUT2D eigenvalue weighted by molar-refractivity contribution is -0.115. The predicted octanol–water partition coefficient (Wildman–Crippen LogP) is 2.98. The molecule has 1 N–H and O–H groups in total. The summed E-state index contributed by atoms with van der Waals surface area (Å²) in [5.74, 6) is -0.802. The highest BCUT2D eigenvalue weighted by atomic mass is 35.5. The van der Waals surface area contributed by atoms with Crippen molar-refractivity contribution in [1.82, 2.24) is 9.78 Å². The Kier molecular flexibility index (Phi) is 5.09. The predicted molar refractivity (Wildman–Crippen MR) is 97.2 cm³/mol. The number of aromatic nitrogens is 2. The van der Waals surface area contributed by atoms with E-state index in [0.29, 0.717) is 16.4 Å². The van der Waals surface area contributed by atoms with Crippen LogP contribution in [0.25, 0.3) is 5.69 Å². The molecule has 0 saturated carbocycles. The monoisotopic (exact) mass is 373 g/mol. The lowest BCUT2D eigenvalue weighted by Crippen LogP contribution is -2.16. The van der Waals surface area contributed by atoms with Crippen LogP contribution in [0.15, 0.2) is 51.7 Å². The molecule has 0 saturated heterocycles. The summed E-state index contributed by atoms with van der Waals surface area (Å²) in [4.78, 5) is 24.0. The Bertz CT molecular complexity index is 992. The maximum Gasteiger partial charge on any atom is 0.444 e. The molecule has 7 nitrogen and oxygen atoms in total. The minimum absolute atomic E-state index is 0.118. The molecule has 1 heterocycles. The number of ether oxygens (including phenoxy) is 1. The number of hydrogen-bond acceptors (Lipinski definition) is 5. The first-order chi connectivity index (χ1) is 12.5. The van der Waals surface area contributed by atoms with Crippen LogP contribution in [0.5, 0.6) is 6.08 Å². The van der Waals surface area contributed by atoms with Gasteiger partial charge in [0, 0.05) is 10.7 Å². The number of carbonyl (C=O) groups excluding carboxylic acids is 1. The topological polar surface area (TPSA) is 86.4 Å². The Morgan fingerprint density at radius 2 is 2.00 bits per heavy atom. The molecule has 0 spiro atoms. The molecular weight excluding hydrogens is 358 g/mol. The molecule has 0 atom stereocenters. The molecule has 2 aromatic carbocycles. The molecule has 8 heteroatoms. The zero-order valence-electron chi connectivity index (χ0n) is 14.2. The fraction of sp³-hybridized carbons (Fsp3) is 0.167. The van der Waals surface area contributed by atoms with Crippen molar-refractivity contribution < 1.29 is 13.9 Å². The summed E-state index contributed by atoms with van der Waals surface area (Å²) in [6, 6.07) is 12.2. The van der Waals surface area contributed by atoms with E-state index in [1.165, 1.54) is 7.11 Å². The van der Waals surface area contributed by atoms with Gasteiger partial charge in [0.1, 0.15) is 0 Å². The van der Waals surface area contributed by atoms with Gasteiger partial charge in [-0.25, -0.2) is 4.79 Å². The lowest BCUT2D eigenvalue weighted by Gasteiger charge is -2.10. The van der Waals surface area contributed by atoms with Crippen molar-refractivity contribution in [3.63, 3.8) is 0 Å². The third kappa shape index (κ3) is 3.94. The van der Waals surface area contributed by atoms with Crippen molar-refractivity contribution in [2.24, 2.45) is 0 Å². The molecule has 3 rings (SSSR count). The molecule has 0 radical (unpaired) electrons. The second-order valence-electron chi connectivity index (χ2n) is 5.60. The fourth-order valence-electron chi connectivity index (χ4n) is 2.41. The standard InChI is InChI=1S/C18H16ClN3O4/c1-11-9-14(22-18(24)26-17(21-22)25-2)7-8-15(11)20-16(23)10-12-3-5-13(19)6-4-12/h3-9H,10H2,1-2H3,(H,20,23). The first-order valence-corrected chi connectivity index (χ1v) is 8.13. The van der Waals surface area contributed by atoms with Gasteiger partial charge in [0.05, 0.1) is 19.2 Å². The van der Waals surface area contributed by atoms with Gasteiger partial charge in [-0.1, -0.05) is 28.8 Å². The lowest BCUT2D eigenvalue weighted by atomic mass is 10.1. The Morgan fingerprint density at radius 3 is 2.62 bits per heavy atom. The van der Waals surface area contributed by atoms with Crippen LogP contribution in [-0.2, 0) is 11.2 Å². The second kappa shape index (κ2) is 7.45. The molecule has 134 valence electrons. The summed E-state index contributed by atoms with van der Waals surface area (Å²) in [5.41, 5.74) is 2.80. The van der Waals surface area contributed by atoms with E-state index in [2.05, 4.69) is 10.4 Å². The Labute approximate surface area is 154 Å². The molecule has 0 fully saturated rings. The molecule has 1 aromatic heterocycles. The van der Waals surface area contributed by atoms with Crippen molar-refractivity contribution in [3.05, 3.63) is 69.2 Å². The van der Waals surface area contributed by atoms with Gasteiger partial charge in [0.15, 0.2) is 0 Å². The summed E-state index contributed by atoms with van der Waals surface area (Å²) >= 11 is 5.84. The van der Waals surface area contributed by atoms with E-state index >= 15 is 0 Å². The first kappa shape index (κ1) is 17.8. The third-order valence-corrected chi connectivity index (χ3v) is 3.96. The van der Waals surface area contributed by atoms with E-state index < -0.39 is 5.76 Å². The molecule has 26 heavy (non-hydrogen) atoms. The van der Waals surface area contributed by atoms with Crippen molar-refractivity contribution in [2.45, 2.75) is 13.3 Å². The van der Waals surface area contributed by atoms with Gasteiger partial charge in [-0.05, 0) is 48.4 Å². The molecular formula is C18H16ClN3O4. The largest absolute Gasteiger partial charge is 0.452 e. The second-order valence-corrected chi connectivity index (χ2v) is 6.04. The van der Waals surface area contributed by atoms with Gasteiger partial charge in [0.2, 0.25) is 5.91 Å². The summed E-state index contributed by atoms with van der Waals surface area (Å²) < 4.78 is 10.7. The van der Waals surface area contributed by atoms with E-state index in [1.54, 1.807) is 30.3 Å². The van der Waals surface area contributed by atoms with Crippen LogP contribution in [0.3, 0.4) is 0 Å². The van der Waals surface area contributed by atoms with Crippen LogP contribution in [0, 0.1) is 6.92 Å². The zero-order chi connectivity index (χ0) is 18.7. The van der Waals surface area contributed by atoms with Crippen LogP contribution < -0.4 is 15.8 Å². The molecule has 1 amide bonds. The minimum Gasteiger partial charge on any atom is -0.452 e. The van der Waals surface area contributed by atoms with Gasteiger partial charge in [-0.2, -0.15) is 4.68 Å². The van der Waals surface area contributed by atoms with Gasteiger partial charge < -0.3 is 14.5 Å². The Balaban J connectivity index is 1.75. The van der Waals surface area contributed by atoms with Crippen LogP contribution >= 0.6 is 11.6 Å². The molecule has 0 aliphatic carbocycles. The van der Waals surface area contributed by atoms with E-state index in [0.717, 1.165) is 15.8 Å². The normalized spacial score (nSPS) is 10.6. The maximum absolute atomic E-state index is 12.2. The summed E-state index contributed by atoms with van der Waals surface area (Å²) in [7, 11) is 1.36. The van der Waals surface area contributed by atoms with Crippen LogP contribution in [0.1, 0.15) is 11.1 Å². The zero-order valence-corrected chi connectivity index (χ0v) is 14.9. The number of nitrogens with zero attached hydrogens (tertiary/aromatic N) is 2. The number of hydrogen-bond donors (Lipinski definition) is 1. The number of nitrogens with one attached hydrogen (secondary N) is 1. The highest BCUT2D eigenvalue weighted by molar-refractivity contribution is 6.30. The average molecular weight is 374 g/mol. The number of rotatable bonds is 5. The van der Waals surface area contributed by atoms with Crippen molar-refractivity contribution in [2.75, 3.05) is 12.4 Å². The van der Waals surface area contributed by atoms with Gasteiger partial charge >= 0.3 is 11.8 Å². The van der Waals surface area contributed by atoms with Gasteiger partial charge in [-0.3, -0.25) is 4.79 Å². The summed E-state index contributed by atoms with van der Waals surface area (Å²) in [5, 5.41) is 7.39. The average Bonchev–Trinajstić information content (AvgIpc) is 3.00. The smallest absolute Gasteiger partial charge is 0.444 e. The number of methoxy groups -OCH3 is 1. The number of halogens is 1. The molecule has 0 bridgehead atoms. The number of aryl methyl sites for hydroxylation is 1. The third-order valence-electron chi connectivity index (χ3n) is 3.71. The Hall–Kier alpha value is -3.06. The number of anilines is 1. The SMILES string of the molecule is COc1nn(-c2ccc(NC(=O)Cc3ccc(Cl)cc3)c(C)c2)c(=O)o1.